The van der Waals surface area contributed by atoms with Crippen LogP contribution in [0.15, 0.2) is 47.3 Å². The topological polar surface area (TPSA) is 101 Å². The summed E-state index contributed by atoms with van der Waals surface area (Å²) in [5.74, 6) is 0.311. The first-order valence-electron chi connectivity index (χ1n) is 9.06. The van der Waals surface area contributed by atoms with E-state index < -0.39 is 11.5 Å². The molecule has 3 aromatic rings. The summed E-state index contributed by atoms with van der Waals surface area (Å²) in [6, 6.07) is 12.5. The number of amides is 1. The second-order valence-electron chi connectivity index (χ2n) is 6.55. The summed E-state index contributed by atoms with van der Waals surface area (Å²) in [5.41, 5.74) is 2.98. The van der Waals surface area contributed by atoms with Crippen molar-refractivity contribution < 1.29 is 9.53 Å². The predicted octanol–water partition coefficient (Wildman–Crippen LogP) is 1.70. The number of ether oxygens (including phenoxy) is 1. The van der Waals surface area contributed by atoms with Crippen molar-refractivity contribution in [3.05, 3.63) is 69.8 Å². The van der Waals surface area contributed by atoms with Gasteiger partial charge in [-0.15, -0.1) is 12.4 Å². The Kier molecular flexibility index (Phi) is 6.36. The Morgan fingerprint density at radius 3 is 2.72 bits per heavy atom. The van der Waals surface area contributed by atoms with Crippen LogP contribution in [0.4, 0.5) is 0 Å². The van der Waals surface area contributed by atoms with Crippen LogP contribution in [-0.2, 0) is 19.6 Å². The normalized spacial score (nSPS) is 12.6. The molecule has 0 atom stereocenters. The summed E-state index contributed by atoms with van der Waals surface area (Å²) < 4.78 is 7.07. The van der Waals surface area contributed by atoms with E-state index in [1.165, 1.54) is 6.07 Å². The van der Waals surface area contributed by atoms with Gasteiger partial charge < -0.3 is 20.4 Å². The lowest BCUT2D eigenvalue weighted by molar-refractivity contribution is 0.0949. The van der Waals surface area contributed by atoms with Crippen LogP contribution in [0, 0.1) is 0 Å². The van der Waals surface area contributed by atoms with Crippen LogP contribution in [0.3, 0.4) is 0 Å². The zero-order chi connectivity index (χ0) is 19.5. The lowest BCUT2D eigenvalue weighted by atomic mass is 10.1. The zero-order valence-electron chi connectivity index (χ0n) is 15.9. The number of nitrogens with zero attached hydrogens (tertiary/aromatic N) is 2. The van der Waals surface area contributed by atoms with Gasteiger partial charge in [0.2, 0.25) is 0 Å². The van der Waals surface area contributed by atoms with Gasteiger partial charge in [-0.25, -0.2) is 0 Å². The molecular weight excluding hydrogens is 394 g/mol. The molecule has 1 amide bonds. The fourth-order valence-corrected chi connectivity index (χ4v) is 3.20. The average Bonchev–Trinajstić information content (AvgIpc) is 3.15. The minimum atomic E-state index is -0.431. The highest BCUT2D eigenvalue weighted by Gasteiger charge is 2.14. The maximum absolute atomic E-state index is 12.4. The molecule has 29 heavy (non-hydrogen) atoms. The van der Waals surface area contributed by atoms with Gasteiger partial charge in [-0.05, 0) is 48.0 Å². The van der Waals surface area contributed by atoms with Gasteiger partial charge in [-0.3, -0.25) is 14.3 Å². The van der Waals surface area contributed by atoms with Crippen LogP contribution < -0.4 is 20.9 Å². The molecule has 9 heteroatoms. The lowest BCUT2D eigenvalue weighted by Gasteiger charge is -2.13. The molecule has 1 aromatic carbocycles. The molecule has 2 aromatic heterocycles. The van der Waals surface area contributed by atoms with E-state index in [0.29, 0.717) is 5.69 Å². The summed E-state index contributed by atoms with van der Waals surface area (Å²) in [4.78, 5) is 27.6. The molecule has 8 nitrogen and oxygen atoms in total. The molecular formula is C20H22ClN5O3. The van der Waals surface area contributed by atoms with E-state index in [2.05, 4.69) is 20.7 Å². The van der Waals surface area contributed by atoms with Gasteiger partial charge in [0, 0.05) is 18.8 Å². The van der Waals surface area contributed by atoms with Gasteiger partial charge in [0.25, 0.3) is 11.5 Å². The first-order valence-corrected chi connectivity index (χ1v) is 9.06. The fraction of sp³-hybridized carbons (Fsp3) is 0.250. The molecule has 0 saturated heterocycles. The molecule has 0 bridgehead atoms. The SMILES string of the molecule is COc1ccc(-c2ccc(C(=O)NCc3cc4n(n3)CCNC4)c(=O)[nH]2)cc1.Cl. The van der Waals surface area contributed by atoms with Crippen molar-refractivity contribution in [2.24, 2.45) is 0 Å². The van der Waals surface area contributed by atoms with Crippen LogP contribution in [0.25, 0.3) is 11.3 Å². The van der Waals surface area contributed by atoms with Gasteiger partial charge in [0.1, 0.15) is 11.3 Å². The number of benzene rings is 1. The van der Waals surface area contributed by atoms with Crippen molar-refractivity contribution in [1.82, 2.24) is 25.4 Å². The third-order valence-corrected chi connectivity index (χ3v) is 4.71. The van der Waals surface area contributed by atoms with E-state index in [0.717, 1.165) is 42.3 Å². The zero-order valence-corrected chi connectivity index (χ0v) is 16.7. The molecule has 1 aliphatic rings. The van der Waals surface area contributed by atoms with E-state index in [1.807, 2.05) is 35.0 Å². The quantitative estimate of drug-likeness (QED) is 0.588. The Hall–Kier alpha value is -3.10. The number of hydrogen-bond donors (Lipinski definition) is 3. The Morgan fingerprint density at radius 1 is 1.24 bits per heavy atom. The molecule has 152 valence electrons. The van der Waals surface area contributed by atoms with E-state index in [9.17, 15) is 9.59 Å². The number of carbonyl (C=O) groups is 1. The maximum atomic E-state index is 12.4. The van der Waals surface area contributed by atoms with Crippen molar-refractivity contribution in [2.45, 2.75) is 19.6 Å². The first kappa shape index (κ1) is 20.6. The number of fused-ring (bicyclic) bond motifs is 1. The fourth-order valence-electron chi connectivity index (χ4n) is 3.20. The van der Waals surface area contributed by atoms with E-state index in [1.54, 1.807) is 13.2 Å². The second-order valence-corrected chi connectivity index (χ2v) is 6.55. The van der Waals surface area contributed by atoms with Crippen LogP contribution in [-0.4, -0.2) is 34.3 Å². The second kappa shape index (κ2) is 8.93. The number of methoxy groups -OCH3 is 1. The van der Waals surface area contributed by atoms with E-state index in [-0.39, 0.29) is 24.5 Å². The summed E-state index contributed by atoms with van der Waals surface area (Å²) in [7, 11) is 1.60. The molecule has 0 fully saturated rings. The smallest absolute Gasteiger partial charge is 0.261 e. The van der Waals surface area contributed by atoms with Crippen molar-refractivity contribution in [3.63, 3.8) is 0 Å². The maximum Gasteiger partial charge on any atom is 0.261 e. The number of carbonyl (C=O) groups excluding carboxylic acids is 1. The van der Waals surface area contributed by atoms with Crippen LogP contribution >= 0.6 is 12.4 Å². The number of rotatable bonds is 5. The van der Waals surface area contributed by atoms with E-state index in [4.69, 9.17) is 4.74 Å². The number of pyridine rings is 1. The van der Waals surface area contributed by atoms with Crippen molar-refractivity contribution in [2.75, 3.05) is 13.7 Å². The first-order chi connectivity index (χ1) is 13.6. The molecule has 1 aliphatic heterocycles. The number of halogens is 1. The summed E-state index contributed by atoms with van der Waals surface area (Å²) in [5, 5.41) is 10.5. The van der Waals surface area contributed by atoms with Gasteiger partial charge in [0.05, 0.1) is 31.6 Å². The number of H-pyrrole nitrogens is 1. The molecule has 4 rings (SSSR count). The minimum Gasteiger partial charge on any atom is -0.497 e. The van der Waals surface area contributed by atoms with E-state index >= 15 is 0 Å². The number of aromatic amines is 1. The summed E-state index contributed by atoms with van der Waals surface area (Å²) >= 11 is 0. The summed E-state index contributed by atoms with van der Waals surface area (Å²) in [6.07, 6.45) is 0. The van der Waals surface area contributed by atoms with Crippen LogP contribution in [0.5, 0.6) is 5.75 Å². The monoisotopic (exact) mass is 415 g/mol. The standard InChI is InChI=1S/C20H21N5O3.ClH/c1-28-16-4-2-13(3-5-16)18-7-6-17(20(27)23-18)19(26)22-11-14-10-15-12-21-8-9-25(15)24-14;/h2-7,10,21H,8-9,11-12H2,1H3,(H,22,26)(H,23,27);1H. The molecule has 0 radical (unpaired) electrons. The minimum absolute atomic E-state index is 0. The largest absolute Gasteiger partial charge is 0.497 e. The Morgan fingerprint density at radius 2 is 2.03 bits per heavy atom. The third-order valence-electron chi connectivity index (χ3n) is 4.71. The lowest BCUT2D eigenvalue weighted by Crippen LogP contribution is -2.29. The number of aromatic nitrogens is 3. The molecule has 0 unspecified atom stereocenters. The molecule has 3 N–H and O–H groups in total. The number of nitrogens with one attached hydrogen (secondary N) is 3. The molecule has 0 aliphatic carbocycles. The van der Waals surface area contributed by atoms with Crippen LogP contribution in [0.1, 0.15) is 21.7 Å². The highest BCUT2D eigenvalue weighted by Crippen LogP contribution is 2.19. The third kappa shape index (κ3) is 4.49. The van der Waals surface area contributed by atoms with Gasteiger partial charge >= 0.3 is 0 Å². The summed E-state index contributed by atoms with van der Waals surface area (Å²) in [6.45, 7) is 2.75. The highest BCUT2D eigenvalue weighted by atomic mass is 35.5. The van der Waals surface area contributed by atoms with Crippen molar-refractivity contribution in [3.8, 4) is 17.0 Å². The average molecular weight is 416 g/mol. The van der Waals surface area contributed by atoms with Crippen molar-refractivity contribution >= 4 is 18.3 Å². The molecule has 0 spiro atoms. The Balaban J connectivity index is 0.00000240. The van der Waals surface area contributed by atoms with Gasteiger partial charge in [-0.2, -0.15) is 5.10 Å². The number of hydrogen-bond acceptors (Lipinski definition) is 5. The highest BCUT2D eigenvalue weighted by molar-refractivity contribution is 5.94. The van der Waals surface area contributed by atoms with Gasteiger partial charge in [0.15, 0.2) is 0 Å². The van der Waals surface area contributed by atoms with Crippen LogP contribution in [0.2, 0.25) is 0 Å². The predicted molar refractivity (Wildman–Crippen MR) is 111 cm³/mol. The Bertz CT molecular complexity index is 1040. The van der Waals surface area contributed by atoms with Gasteiger partial charge in [-0.1, -0.05) is 0 Å². The van der Waals surface area contributed by atoms with Crippen molar-refractivity contribution in [1.29, 1.82) is 0 Å². The molecule has 0 saturated carbocycles. The molecule has 3 heterocycles. The Labute approximate surface area is 173 Å².